The molecule has 0 radical (unpaired) electrons. The maximum Gasteiger partial charge on any atom is 0.407 e. The molecular formula is C16H22N3O4P. The molecule has 0 unspecified atom stereocenters. The van der Waals surface area contributed by atoms with Crippen LogP contribution in [-0.4, -0.2) is 53.4 Å². The summed E-state index contributed by atoms with van der Waals surface area (Å²) in [6, 6.07) is 3.41. The normalized spacial score (nSPS) is 22.2. The van der Waals surface area contributed by atoms with Gasteiger partial charge in [0.25, 0.3) is 0 Å². The minimum atomic E-state index is -2.40. The lowest BCUT2D eigenvalue weighted by molar-refractivity contribution is -0.118. The zero-order valence-electron chi connectivity index (χ0n) is 13.9. The number of piperidine rings is 1. The summed E-state index contributed by atoms with van der Waals surface area (Å²) in [4.78, 5) is 29.0. The first-order chi connectivity index (χ1) is 11.2. The zero-order valence-corrected chi connectivity index (χ0v) is 14.8. The van der Waals surface area contributed by atoms with Crippen molar-refractivity contribution in [1.82, 2.24) is 9.88 Å². The van der Waals surface area contributed by atoms with Crippen LogP contribution >= 0.6 is 7.14 Å². The smallest absolute Gasteiger partial charge is 0.407 e. The second-order valence-corrected chi connectivity index (χ2v) is 10.3. The van der Waals surface area contributed by atoms with Gasteiger partial charge in [0, 0.05) is 19.0 Å². The lowest BCUT2D eigenvalue weighted by Gasteiger charge is -2.30. The Kier molecular flexibility index (Phi) is 4.16. The minimum Gasteiger partial charge on any atom is -0.465 e. The number of aromatic nitrogens is 1. The third-order valence-corrected chi connectivity index (χ3v) is 6.47. The molecule has 1 saturated heterocycles. The fourth-order valence-electron chi connectivity index (χ4n) is 3.42. The fourth-order valence-corrected chi connectivity index (χ4v) is 4.19. The largest absolute Gasteiger partial charge is 0.465 e. The van der Waals surface area contributed by atoms with Crippen LogP contribution in [0.25, 0.3) is 0 Å². The molecule has 8 heteroatoms. The van der Waals surface area contributed by atoms with Gasteiger partial charge in [-0.1, -0.05) is 0 Å². The fraction of sp³-hybridized carbons (Fsp3) is 0.562. The van der Waals surface area contributed by atoms with E-state index in [0.29, 0.717) is 24.2 Å². The molecule has 1 aromatic heterocycles. The first kappa shape index (κ1) is 17.0. The molecule has 1 aliphatic carbocycles. The highest BCUT2D eigenvalue weighted by atomic mass is 31.2. The van der Waals surface area contributed by atoms with Crippen molar-refractivity contribution in [3.05, 3.63) is 18.3 Å². The van der Waals surface area contributed by atoms with Gasteiger partial charge in [-0.15, -0.1) is 0 Å². The van der Waals surface area contributed by atoms with E-state index in [1.54, 1.807) is 25.5 Å². The van der Waals surface area contributed by atoms with Gasteiger partial charge in [-0.05, 0) is 50.1 Å². The van der Waals surface area contributed by atoms with Crippen molar-refractivity contribution in [2.24, 2.45) is 11.3 Å². The number of carbonyl (C=O) groups is 2. The van der Waals surface area contributed by atoms with Crippen molar-refractivity contribution in [3.63, 3.8) is 0 Å². The number of likely N-dealkylation sites (tertiary alicyclic amines) is 1. The van der Waals surface area contributed by atoms with Crippen LogP contribution in [0.4, 0.5) is 10.5 Å². The van der Waals surface area contributed by atoms with Gasteiger partial charge in [-0.25, -0.2) is 4.79 Å². The van der Waals surface area contributed by atoms with Crippen molar-refractivity contribution in [1.29, 1.82) is 0 Å². The number of carbonyl (C=O) groups excluding carboxylic acids is 1. The third kappa shape index (κ3) is 3.31. The summed E-state index contributed by atoms with van der Waals surface area (Å²) in [5.74, 6) is -0.0962. The van der Waals surface area contributed by atoms with E-state index in [1.807, 2.05) is 0 Å². The number of nitrogens with one attached hydrogen (secondary N) is 1. The average molecular weight is 351 g/mol. The highest BCUT2D eigenvalue weighted by molar-refractivity contribution is 7.69. The summed E-state index contributed by atoms with van der Waals surface area (Å²) >= 11 is 0. The van der Waals surface area contributed by atoms with Gasteiger partial charge in [-0.3, -0.25) is 9.78 Å². The summed E-state index contributed by atoms with van der Waals surface area (Å²) < 4.78 is 11.9. The molecule has 1 atom stereocenters. The molecule has 1 aliphatic heterocycles. The molecule has 0 bridgehead atoms. The predicted octanol–water partition coefficient (Wildman–Crippen LogP) is 2.05. The van der Waals surface area contributed by atoms with Crippen LogP contribution in [0.2, 0.25) is 0 Å². The van der Waals surface area contributed by atoms with Gasteiger partial charge in [-0.2, -0.15) is 0 Å². The number of rotatable bonds is 3. The number of pyridine rings is 1. The molecule has 24 heavy (non-hydrogen) atoms. The molecule has 2 heterocycles. The monoisotopic (exact) mass is 351 g/mol. The number of amides is 2. The Hall–Kier alpha value is -1.88. The summed E-state index contributed by atoms with van der Waals surface area (Å²) in [6.07, 6.45) is 2.94. The van der Waals surface area contributed by atoms with Crippen molar-refractivity contribution in [2.75, 3.05) is 31.7 Å². The number of anilines is 1. The van der Waals surface area contributed by atoms with Crippen molar-refractivity contribution >= 4 is 30.3 Å². The Morgan fingerprint density at radius 3 is 2.50 bits per heavy atom. The van der Waals surface area contributed by atoms with Crippen LogP contribution in [0.1, 0.15) is 19.3 Å². The average Bonchev–Trinajstić information content (AvgIpc) is 3.21. The lowest BCUT2D eigenvalue weighted by atomic mass is 9.91. The van der Waals surface area contributed by atoms with E-state index in [4.69, 9.17) is 5.11 Å². The highest BCUT2D eigenvalue weighted by Crippen LogP contribution is 2.59. The topological polar surface area (TPSA) is 99.6 Å². The van der Waals surface area contributed by atoms with E-state index in [1.165, 1.54) is 11.1 Å². The SMILES string of the molecule is CP(C)(=O)c1ccc(NC(=O)[C@@H]2CC23CCN(C(=O)O)CC3)cn1. The third-order valence-electron chi connectivity index (χ3n) is 5.10. The minimum absolute atomic E-state index is 0.0358. The zero-order chi connectivity index (χ0) is 17.5. The molecule has 130 valence electrons. The summed E-state index contributed by atoms with van der Waals surface area (Å²) in [7, 11) is -2.40. The van der Waals surface area contributed by atoms with Crippen LogP contribution in [0.15, 0.2) is 18.3 Å². The number of hydrogen-bond acceptors (Lipinski definition) is 4. The highest BCUT2D eigenvalue weighted by Gasteiger charge is 2.58. The van der Waals surface area contributed by atoms with Gasteiger partial charge in [0.15, 0.2) is 0 Å². The maximum atomic E-state index is 12.4. The Labute approximate surface area is 140 Å². The lowest BCUT2D eigenvalue weighted by Crippen LogP contribution is -2.39. The van der Waals surface area contributed by atoms with Gasteiger partial charge >= 0.3 is 6.09 Å². The summed E-state index contributed by atoms with van der Waals surface area (Å²) in [5.41, 5.74) is 1.11. The van der Waals surface area contributed by atoms with Crippen molar-refractivity contribution in [2.45, 2.75) is 19.3 Å². The van der Waals surface area contributed by atoms with E-state index in [0.717, 1.165) is 19.3 Å². The summed E-state index contributed by atoms with van der Waals surface area (Å²) in [5, 5.41) is 11.9. The molecule has 2 fully saturated rings. The quantitative estimate of drug-likeness (QED) is 0.812. The molecule has 0 aromatic carbocycles. The van der Waals surface area contributed by atoms with Gasteiger partial charge < -0.3 is 19.9 Å². The molecular weight excluding hydrogens is 329 g/mol. The van der Waals surface area contributed by atoms with Gasteiger partial charge in [0.05, 0.1) is 17.3 Å². The molecule has 2 aliphatic rings. The van der Waals surface area contributed by atoms with Crippen molar-refractivity contribution < 1.29 is 19.3 Å². The van der Waals surface area contributed by atoms with E-state index in [-0.39, 0.29) is 17.2 Å². The molecule has 3 rings (SSSR count). The Morgan fingerprint density at radius 1 is 1.33 bits per heavy atom. The number of nitrogens with zero attached hydrogens (tertiary/aromatic N) is 2. The van der Waals surface area contributed by atoms with E-state index >= 15 is 0 Å². The number of carboxylic acid groups (broad SMARTS) is 1. The molecule has 2 N–H and O–H groups in total. The molecule has 2 amide bonds. The second-order valence-electron chi connectivity index (χ2n) is 7.13. The molecule has 1 saturated carbocycles. The molecule has 7 nitrogen and oxygen atoms in total. The van der Waals surface area contributed by atoms with Gasteiger partial charge in [0.1, 0.15) is 7.14 Å². The Morgan fingerprint density at radius 2 is 2.00 bits per heavy atom. The van der Waals surface area contributed by atoms with Crippen LogP contribution in [0, 0.1) is 11.3 Å². The second kappa shape index (κ2) is 5.88. The predicted molar refractivity (Wildman–Crippen MR) is 91.3 cm³/mol. The van der Waals surface area contributed by atoms with Crippen LogP contribution in [0.3, 0.4) is 0 Å². The Balaban J connectivity index is 1.57. The molecule has 1 aromatic rings. The van der Waals surface area contributed by atoms with E-state index in [2.05, 4.69) is 10.3 Å². The standard InChI is InChI=1S/C16H22N3O4P/c1-24(2,23)13-4-3-11(10-17-13)18-14(20)12-9-16(12)5-7-19(8-6-16)15(21)22/h3-4,10,12H,5-9H2,1-2H3,(H,18,20)(H,21,22)/t12-/m0/s1. The Bertz CT molecular complexity index is 705. The van der Waals surface area contributed by atoms with E-state index < -0.39 is 13.2 Å². The molecule has 1 spiro atoms. The first-order valence-electron chi connectivity index (χ1n) is 8.02. The first-order valence-corrected chi connectivity index (χ1v) is 10.6. The van der Waals surface area contributed by atoms with Crippen molar-refractivity contribution in [3.8, 4) is 0 Å². The van der Waals surface area contributed by atoms with Gasteiger partial charge in [0.2, 0.25) is 5.91 Å². The number of hydrogen-bond donors (Lipinski definition) is 2. The summed E-state index contributed by atoms with van der Waals surface area (Å²) in [6.45, 7) is 4.31. The van der Waals surface area contributed by atoms with Crippen LogP contribution in [0.5, 0.6) is 0 Å². The maximum absolute atomic E-state index is 12.4. The van der Waals surface area contributed by atoms with Crippen LogP contribution in [-0.2, 0) is 9.36 Å². The van der Waals surface area contributed by atoms with E-state index in [9.17, 15) is 14.2 Å². The van der Waals surface area contributed by atoms with Crippen LogP contribution < -0.4 is 10.8 Å².